The lowest BCUT2D eigenvalue weighted by Crippen LogP contribution is -1.91. The summed E-state index contributed by atoms with van der Waals surface area (Å²) in [7, 11) is 0. The summed E-state index contributed by atoms with van der Waals surface area (Å²) in [4.78, 5) is 14.2. The summed E-state index contributed by atoms with van der Waals surface area (Å²) in [5, 5.41) is 3.11. The van der Waals surface area contributed by atoms with Gasteiger partial charge < -0.3 is 10.7 Å². The molecule has 4 N–H and O–H groups in total. The first-order valence-electron chi connectivity index (χ1n) is 3.15. The minimum atomic E-state index is 0.178. The SMILES string of the molecule is N=Nc1nc2c(N)ncnc2[nH]1. The standard InChI is InChI=1S/C5H5N7/c6-3-2-4(9-1-8-3)11-5(10-2)12-7/h1,7H,(H3,6,8,9,10,11). The van der Waals surface area contributed by atoms with Crippen molar-refractivity contribution in [2.75, 3.05) is 5.73 Å². The maximum absolute atomic E-state index is 6.69. The van der Waals surface area contributed by atoms with E-state index in [1.165, 1.54) is 6.33 Å². The van der Waals surface area contributed by atoms with Gasteiger partial charge in [0, 0.05) is 0 Å². The predicted molar refractivity (Wildman–Crippen MR) is 40.9 cm³/mol. The maximum atomic E-state index is 6.69. The van der Waals surface area contributed by atoms with Crippen molar-refractivity contribution in [3.63, 3.8) is 0 Å². The van der Waals surface area contributed by atoms with Crippen LogP contribution < -0.4 is 5.73 Å². The van der Waals surface area contributed by atoms with Crippen molar-refractivity contribution in [1.29, 1.82) is 5.53 Å². The lowest BCUT2D eigenvalue weighted by atomic mass is 10.5. The monoisotopic (exact) mass is 163 g/mol. The van der Waals surface area contributed by atoms with Crippen LogP contribution in [0.15, 0.2) is 11.4 Å². The van der Waals surface area contributed by atoms with E-state index in [2.05, 4.69) is 25.1 Å². The fourth-order valence-corrected chi connectivity index (χ4v) is 0.887. The Morgan fingerprint density at radius 1 is 1.50 bits per heavy atom. The first-order chi connectivity index (χ1) is 5.81. The van der Waals surface area contributed by atoms with E-state index in [0.717, 1.165) is 0 Å². The predicted octanol–water partition coefficient (Wildman–Crippen LogP) is 0.598. The molecule has 0 aliphatic carbocycles. The van der Waals surface area contributed by atoms with Gasteiger partial charge in [-0.1, -0.05) is 0 Å². The highest BCUT2D eigenvalue weighted by Crippen LogP contribution is 2.16. The van der Waals surface area contributed by atoms with Crippen LogP contribution in [0.2, 0.25) is 0 Å². The summed E-state index contributed by atoms with van der Waals surface area (Å²) in [6.45, 7) is 0. The molecule has 2 rings (SSSR count). The molecule has 0 saturated carbocycles. The van der Waals surface area contributed by atoms with Gasteiger partial charge in [0.1, 0.15) is 6.33 Å². The number of nitrogens with two attached hydrogens (primary N) is 1. The average molecular weight is 163 g/mol. The number of anilines is 1. The lowest BCUT2D eigenvalue weighted by Gasteiger charge is -1.88. The van der Waals surface area contributed by atoms with Gasteiger partial charge in [-0.15, -0.1) is 5.11 Å². The number of nitrogen functional groups attached to an aromatic ring is 1. The second kappa shape index (κ2) is 2.22. The normalized spacial score (nSPS) is 10.3. The molecule has 0 aliphatic rings. The van der Waals surface area contributed by atoms with E-state index in [9.17, 15) is 0 Å². The third-order valence-corrected chi connectivity index (χ3v) is 1.40. The Morgan fingerprint density at radius 2 is 2.33 bits per heavy atom. The van der Waals surface area contributed by atoms with E-state index in [1.54, 1.807) is 0 Å². The highest BCUT2D eigenvalue weighted by Gasteiger charge is 2.05. The maximum Gasteiger partial charge on any atom is 0.248 e. The van der Waals surface area contributed by atoms with Crippen LogP contribution in [-0.4, -0.2) is 19.9 Å². The molecule has 0 unspecified atom stereocenters. The van der Waals surface area contributed by atoms with Crippen molar-refractivity contribution in [1.82, 2.24) is 19.9 Å². The van der Waals surface area contributed by atoms with Crippen molar-refractivity contribution in [2.24, 2.45) is 5.11 Å². The summed E-state index contributed by atoms with van der Waals surface area (Å²) in [6, 6.07) is 0. The van der Waals surface area contributed by atoms with Gasteiger partial charge in [-0.2, -0.15) is 0 Å². The molecule has 0 fully saturated rings. The van der Waals surface area contributed by atoms with E-state index in [1.807, 2.05) is 0 Å². The van der Waals surface area contributed by atoms with Crippen molar-refractivity contribution in [3.05, 3.63) is 6.33 Å². The lowest BCUT2D eigenvalue weighted by molar-refractivity contribution is 1.07. The first kappa shape index (κ1) is 6.65. The van der Waals surface area contributed by atoms with Crippen LogP contribution in [0.3, 0.4) is 0 Å². The van der Waals surface area contributed by atoms with Gasteiger partial charge in [-0.05, 0) is 0 Å². The number of aromatic nitrogens is 4. The van der Waals surface area contributed by atoms with Crippen LogP contribution in [0.4, 0.5) is 11.8 Å². The molecule has 0 radical (unpaired) electrons. The minimum Gasteiger partial charge on any atom is -0.382 e. The van der Waals surface area contributed by atoms with Gasteiger partial charge in [0.2, 0.25) is 5.95 Å². The van der Waals surface area contributed by atoms with Gasteiger partial charge in [0.15, 0.2) is 17.0 Å². The smallest absolute Gasteiger partial charge is 0.248 e. The summed E-state index contributed by atoms with van der Waals surface area (Å²) < 4.78 is 0. The molecule has 0 atom stereocenters. The number of fused-ring (bicyclic) bond motifs is 1. The van der Waals surface area contributed by atoms with Gasteiger partial charge in [-0.3, -0.25) is 0 Å². The molecule has 0 saturated heterocycles. The van der Waals surface area contributed by atoms with E-state index >= 15 is 0 Å². The Morgan fingerprint density at radius 3 is 3.00 bits per heavy atom. The van der Waals surface area contributed by atoms with Crippen LogP contribution in [0.25, 0.3) is 11.2 Å². The van der Waals surface area contributed by atoms with Crippen LogP contribution in [0.1, 0.15) is 0 Å². The van der Waals surface area contributed by atoms with Gasteiger partial charge in [0.25, 0.3) is 0 Å². The Bertz CT molecular complexity index is 430. The number of hydrogen-bond acceptors (Lipinski definition) is 6. The number of imidazole rings is 1. The second-order valence-corrected chi connectivity index (χ2v) is 2.13. The fraction of sp³-hybridized carbons (Fsp3) is 0. The number of H-pyrrole nitrogens is 1. The fourth-order valence-electron chi connectivity index (χ4n) is 0.887. The highest BCUT2D eigenvalue weighted by atomic mass is 15.2. The summed E-state index contributed by atoms with van der Waals surface area (Å²) in [5.41, 5.74) is 13.1. The van der Waals surface area contributed by atoms with Crippen molar-refractivity contribution < 1.29 is 0 Å². The van der Waals surface area contributed by atoms with E-state index in [-0.39, 0.29) is 11.8 Å². The molecular formula is C5H5N7. The Kier molecular flexibility index (Phi) is 1.23. The Labute approximate surface area is 66.6 Å². The molecule has 2 aromatic heterocycles. The molecule has 2 aromatic rings. The molecule has 12 heavy (non-hydrogen) atoms. The molecule has 0 spiro atoms. The molecule has 7 nitrogen and oxygen atoms in total. The molecule has 0 bridgehead atoms. The number of hydrogen-bond donors (Lipinski definition) is 3. The molecule has 60 valence electrons. The zero-order chi connectivity index (χ0) is 8.55. The molecule has 2 heterocycles. The molecular weight excluding hydrogens is 158 g/mol. The third kappa shape index (κ3) is 0.797. The van der Waals surface area contributed by atoms with Crippen LogP contribution in [0, 0.1) is 5.53 Å². The average Bonchev–Trinajstić information content (AvgIpc) is 2.49. The van der Waals surface area contributed by atoms with E-state index in [4.69, 9.17) is 11.3 Å². The van der Waals surface area contributed by atoms with Crippen LogP contribution >= 0.6 is 0 Å². The van der Waals surface area contributed by atoms with Crippen LogP contribution in [-0.2, 0) is 0 Å². The first-order valence-corrected chi connectivity index (χ1v) is 3.15. The number of aromatic amines is 1. The number of nitrogens with zero attached hydrogens (tertiary/aromatic N) is 4. The zero-order valence-electron chi connectivity index (χ0n) is 5.94. The molecule has 0 aromatic carbocycles. The van der Waals surface area contributed by atoms with Crippen molar-refractivity contribution in [3.8, 4) is 0 Å². The summed E-state index contributed by atoms with van der Waals surface area (Å²) in [6.07, 6.45) is 1.32. The largest absolute Gasteiger partial charge is 0.382 e. The molecule has 7 heteroatoms. The summed E-state index contributed by atoms with van der Waals surface area (Å²) in [5.74, 6) is 0.461. The summed E-state index contributed by atoms with van der Waals surface area (Å²) >= 11 is 0. The minimum absolute atomic E-state index is 0.178. The van der Waals surface area contributed by atoms with Gasteiger partial charge in [-0.25, -0.2) is 20.5 Å². The van der Waals surface area contributed by atoms with Gasteiger partial charge in [0.05, 0.1) is 0 Å². The topological polar surface area (TPSA) is 117 Å². The van der Waals surface area contributed by atoms with Gasteiger partial charge >= 0.3 is 0 Å². The Balaban J connectivity index is 2.82. The number of nitrogens with one attached hydrogen (secondary N) is 2. The van der Waals surface area contributed by atoms with E-state index < -0.39 is 0 Å². The zero-order valence-corrected chi connectivity index (χ0v) is 5.94. The number of rotatable bonds is 1. The quantitative estimate of drug-likeness (QED) is 0.533. The van der Waals surface area contributed by atoms with Crippen molar-refractivity contribution >= 4 is 22.9 Å². The van der Waals surface area contributed by atoms with Crippen molar-refractivity contribution in [2.45, 2.75) is 0 Å². The molecule has 0 amide bonds. The highest BCUT2D eigenvalue weighted by molar-refractivity contribution is 5.82. The molecule has 0 aliphatic heterocycles. The second-order valence-electron chi connectivity index (χ2n) is 2.13. The third-order valence-electron chi connectivity index (χ3n) is 1.40. The van der Waals surface area contributed by atoms with E-state index in [0.29, 0.717) is 11.2 Å². The Hall–Kier alpha value is -2.05. The van der Waals surface area contributed by atoms with Crippen LogP contribution in [0.5, 0.6) is 0 Å².